The van der Waals surface area contributed by atoms with Gasteiger partial charge in [0.2, 0.25) is 29.5 Å². The highest BCUT2D eigenvalue weighted by atomic mass is 16.6. The van der Waals surface area contributed by atoms with Crippen LogP contribution in [-0.2, 0) is 51.1 Å². The van der Waals surface area contributed by atoms with Crippen LogP contribution in [-0.4, -0.2) is 115 Å². The minimum absolute atomic E-state index is 0.0131. The van der Waals surface area contributed by atoms with Crippen LogP contribution in [0.15, 0.2) is 60.7 Å². The third-order valence-electron chi connectivity index (χ3n) is 10.7. The molecule has 14 heteroatoms. The van der Waals surface area contributed by atoms with E-state index in [-0.39, 0.29) is 61.9 Å². The van der Waals surface area contributed by atoms with Crippen molar-refractivity contribution in [2.75, 3.05) is 39.5 Å². The first kappa shape index (κ1) is 48.0. The number of hydrogen-bond acceptors (Lipinski definition) is 9. The van der Waals surface area contributed by atoms with Crippen molar-refractivity contribution in [1.82, 2.24) is 31.5 Å². The number of Topliss-reactive ketones (excluding diaryl/α,β-unsaturated/α-hetero) is 1. The van der Waals surface area contributed by atoms with Crippen molar-refractivity contribution in [3.05, 3.63) is 71.8 Å². The predicted molar refractivity (Wildman–Crippen MR) is 230 cm³/mol. The van der Waals surface area contributed by atoms with E-state index in [0.29, 0.717) is 45.6 Å². The van der Waals surface area contributed by atoms with Crippen LogP contribution in [0, 0.1) is 17.8 Å². The van der Waals surface area contributed by atoms with Gasteiger partial charge in [0.25, 0.3) is 0 Å². The molecule has 5 amide bonds. The molecule has 4 rings (SSSR count). The van der Waals surface area contributed by atoms with Gasteiger partial charge in [0.05, 0.1) is 32.4 Å². The highest BCUT2D eigenvalue weighted by Crippen LogP contribution is 2.29. The minimum Gasteiger partial charge on any atom is -0.379 e. The van der Waals surface area contributed by atoms with E-state index in [9.17, 15) is 28.8 Å². The molecule has 330 valence electrons. The minimum atomic E-state index is -1.07. The molecule has 2 aromatic carbocycles. The summed E-state index contributed by atoms with van der Waals surface area (Å²) < 4.78 is 10.8. The lowest BCUT2D eigenvalue weighted by atomic mass is 9.93. The second kappa shape index (κ2) is 23.4. The van der Waals surface area contributed by atoms with Gasteiger partial charge in [-0.05, 0) is 67.9 Å². The molecule has 0 bridgehead atoms. The van der Waals surface area contributed by atoms with Crippen LogP contribution in [0.1, 0.15) is 85.3 Å². The van der Waals surface area contributed by atoms with E-state index in [1.54, 1.807) is 6.92 Å². The first-order valence-electron chi connectivity index (χ1n) is 21.6. The van der Waals surface area contributed by atoms with Gasteiger partial charge in [0, 0.05) is 19.5 Å². The molecular formula is C46H68N6O8. The smallest absolute Gasteiger partial charge is 0.243 e. The van der Waals surface area contributed by atoms with E-state index >= 15 is 0 Å². The van der Waals surface area contributed by atoms with E-state index in [1.807, 2.05) is 107 Å². The van der Waals surface area contributed by atoms with E-state index in [2.05, 4.69) is 26.6 Å². The van der Waals surface area contributed by atoms with Crippen molar-refractivity contribution in [2.45, 2.75) is 123 Å². The molecule has 6 unspecified atom stereocenters. The van der Waals surface area contributed by atoms with Gasteiger partial charge < -0.3 is 36.1 Å². The number of nitrogens with zero attached hydrogens (tertiary/aromatic N) is 1. The topological polar surface area (TPSA) is 188 Å². The monoisotopic (exact) mass is 833 g/mol. The van der Waals surface area contributed by atoms with E-state index in [4.69, 9.17) is 9.47 Å². The zero-order chi connectivity index (χ0) is 43.8. The molecular weight excluding hydrogens is 765 g/mol. The predicted octanol–water partition coefficient (Wildman–Crippen LogP) is 3.11. The van der Waals surface area contributed by atoms with Crippen LogP contribution in [0.25, 0.3) is 0 Å². The molecule has 0 saturated carbocycles. The third-order valence-corrected chi connectivity index (χ3v) is 10.7. The molecule has 2 fully saturated rings. The quantitative estimate of drug-likeness (QED) is 0.0992. The maximum Gasteiger partial charge on any atom is 0.243 e. The first-order chi connectivity index (χ1) is 28.5. The Morgan fingerprint density at radius 1 is 0.600 bits per heavy atom. The average molecular weight is 833 g/mol. The molecule has 2 saturated heterocycles. The summed E-state index contributed by atoms with van der Waals surface area (Å²) in [5, 5.41) is 14.5. The number of ether oxygens (including phenoxy) is 2. The zero-order valence-electron chi connectivity index (χ0n) is 36.6. The summed E-state index contributed by atoms with van der Waals surface area (Å²) in [6.45, 7) is 16.0. The maximum atomic E-state index is 14.2. The normalized spacial score (nSPS) is 19.1. The Hall–Kier alpha value is -4.66. The molecule has 0 radical (unpaired) electrons. The highest BCUT2D eigenvalue weighted by molar-refractivity contribution is 5.99. The van der Waals surface area contributed by atoms with Crippen LogP contribution in [0.2, 0.25) is 0 Å². The SMILES string of the molecule is CC(C)CC(NC(=O)C(CCc1ccccc1)NC(=O)CN1CCOCC1)C(=O)NC(CC(C)C)C(=O)NC(Cc1ccccc1)C(=O)NC(CC(C)C)C(=O)C1(C)CO1. The second-order valence-corrected chi connectivity index (χ2v) is 17.7. The number of nitrogens with one attached hydrogen (secondary N) is 5. The van der Waals surface area contributed by atoms with Crippen molar-refractivity contribution in [3.63, 3.8) is 0 Å². The number of rotatable bonds is 24. The fourth-order valence-corrected chi connectivity index (χ4v) is 7.30. The highest BCUT2D eigenvalue weighted by Gasteiger charge is 2.50. The molecule has 0 aliphatic carbocycles. The maximum absolute atomic E-state index is 14.2. The Bertz CT molecular complexity index is 1710. The van der Waals surface area contributed by atoms with Crippen molar-refractivity contribution in [3.8, 4) is 0 Å². The van der Waals surface area contributed by atoms with Gasteiger partial charge in [-0.1, -0.05) is 102 Å². The van der Waals surface area contributed by atoms with Gasteiger partial charge in [-0.3, -0.25) is 33.7 Å². The fourth-order valence-electron chi connectivity index (χ4n) is 7.30. The average Bonchev–Trinajstić information content (AvgIpc) is 3.96. The van der Waals surface area contributed by atoms with Gasteiger partial charge in [0.1, 0.15) is 29.8 Å². The molecule has 6 atom stereocenters. The molecule has 0 spiro atoms. The molecule has 5 N–H and O–H groups in total. The molecule has 2 aromatic rings. The number of benzene rings is 2. The van der Waals surface area contributed by atoms with E-state index < -0.39 is 59.4 Å². The first-order valence-corrected chi connectivity index (χ1v) is 21.6. The Morgan fingerprint density at radius 2 is 1.03 bits per heavy atom. The number of hydrogen-bond donors (Lipinski definition) is 5. The van der Waals surface area contributed by atoms with Gasteiger partial charge in [-0.25, -0.2) is 0 Å². The van der Waals surface area contributed by atoms with Crippen LogP contribution in [0.5, 0.6) is 0 Å². The molecule has 0 aromatic heterocycles. The molecule has 60 heavy (non-hydrogen) atoms. The van der Waals surface area contributed by atoms with Crippen LogP contribution >= 0.6 is 0 Å². The van der Waals surface area contributed by atoms with Crippen molar-refractivity contribution in [1.29, 1.82) is 0 Å². The summed E-state index contributed by atoms with van der Waals surface area (Å²) in [4.78, 5) is 85.2. The number of ketones is 1. The molecule has 2 aliphatic rings. The van der Waals surface area contributed by atoms with Crippen LogP contribution in [0.4, 0.5) is 0 Å². The number of epoxide rings is 1. The number of aryl methyl sites for hydroxylation is 1. The summed E-state index contributed by atoms with van der Waals surface area (Å²) in [5.41, 5.74) is 0.852. The van der Waals surface area contributed by atoms with Gasteiger partial charge in [-0.2, -0.15) is 0 Å². The summed E-state index contributed by atoms with van der Waals surface area (Å²) in [7, 11) is 0. The largest absolute Gasteiger partial charge is 0.379 e. The van der Waals surface area contributed by atoms with Gasteiger partial charge in [0.15, 0.2) is 5.78 Å². The van der Waals surface area contributed by atoms with Crippen molar-refractivity contribution >= 4 is 35.3 Å². The summed E-state index contributed by atoms with van der Waals surface area (Å²) in [5.74, 6) is -2.59. The number of carbonyl (C=O) groups excluding carboxylic acids is 6. The third kappa shape index (κ3) is 16.1. The summed E-state index contributed by atoms with van der Waals surface area (Å²) in [6, 6.07) is 14.0. The Morgan fingerprint density at radius 3 is 1.53 bits per heavy atom. The standard InChI is InChI=1S/C46H68N6O8/c1-30(2)24-36(41(54)46(7)29-60-46)48-45(58)39(27-34-16-12-9-13-17-34)51-44(57)38(26-32(5)6)50-43(56)37(25-31(3)4)49-42(55)35(19-18-33-14-10-8-11-15-33)47-40(53)28-52-20-22-59-23-21-52/h8-17,30-32,35-39H,18-29H2,1-7H3,(H,47,53)(H,48,58)(H,49,55)(H,50,56)(H,51,57). The van der Waals surface area contributed by atoms with Crippen molar-refractivity contribution < 1.29 is 38.2 Å². The molecule has 2 heterocycles. The lowest BCUT2D eigenvalue weighted by Crippen LogP contribution is -2.60. The summed E-state index contributed by atoms with van der Waals surface area (Å²) >= 11 is 0. The number of morpholine rings is 1. The number of amides is 5. The van der Waals surface area contributed by atoms with Crippen molar-refractivity contribution in [2.24, 2.45) is 17.8 Å². The summed E-state index contributed by atoms with van der Waals surface area (Å²) in [6.07, 6.45) is 1.89. The Balaban J connectivity index is 1.52. The molecule has 2 aliphatic heterocycles. The van der Waals surface area contributed by atoms with Gasteiger partial charge >= 0.3 is 0 Å². The lowest BCUT2D eigenvalue weighted by molar-refractivity contribution is -0.136. The van der Waals surface area contributed by atoms with Crippen LogP contribution < -0.4 is 26.6 Å². The fraction of sp³-hybridized carbons (Fsp3) is 0.609. The Labute approximate surface area is 356 Å². The zero-order valence-corrected chi connectivity index (χ0v) is 36.6. The Kier molecular flexibility index (Phi) is 18.7. The van der Waals surface area contributed by atoms with Crippen LogP contribution in [0.3, 0.4) is 0 Å². The molecule has 14 nitrogen and oxygen atoms in total. The van der Waals surface area contributed by atoms with Gasteiger partial charge in [-0.15, -0.1) is 0 Å². The van der Waals surface area contributed by atoms with E-state index in [1.165, 1.54) is 0 Å². The number of carbonyl (C=O) groups is 6. The lowest BCUT2D eigenvalue weighted by Gasteiger charge is -2.29. The van der Waals surface area contributed by atoms with E-state index in [0.717, 1.165) is 11.1 Å². The second-order valence-electron chi connectivity index (χ2n) is 17.7.